The van der Waals surface area contributed by atoms with E-state index in [-0.39, 0.29) is 6.54 Å². The summed E-state index contributed by atoms with van der Waals surface area (Å²) in [5.41, 5.74) is -0.869. The summed E-state index contributed by atoms with van der Waals surface area (Å²) in [5.74, 6) is 0.462. The number of thiazole rings is 1. The van der Waals surface area contributed by atoms with Crippen molar-refractivity contribution in [2.45, 2.75) is 12.7 Å². The Hall–Kier alpha value is -1.09. The molecule has 1 heterocycles. The SMILES string of the molecule is C=C(Br)CNC(=NC)NCc1nc(C(F)(F)F)cs1. The van der Waals surface area contributed by atoms with Crippen molar-refractivity contribution < 1.29 is 13.2 Å². The molecule has 0 saturated heterocycles. The van der Waals surface area contributed by atoms with Crippen molar-refractivity contribution >= 4 is 33.2 Å². The fourth-order valence-corrected chi connectivity index (χ4v) is 1.96. The van der Waals surface area contributed by atoms with E-state index in [2.05, 4.69) is 43.1 Å². The molecule has 0 spiro atoms. The summed E-state index contributed by atoms with van der Waals surface area (Å²) in [6, 6.07) is 0. The van der Waals surface area contributed by atoms with Gasteiger partial charge in [0.05, 0.1) is 6.54 Å². The molecule has 106 valence electrons. The number of halogens is 4. The lowest BCUT2D eigenvalue weighted by Gasteiger charge is -2.09. The molecule has 19 heavy (non-hydrogen) atoms. The standard InChI is InChI=1S/C10H12BrF3N4S/c1-6(11)3-16-9(15-2)17-4-8-18-7(5-19-8)10(12,13)14/h5H,1,3-4H2,2H3,(H2,15,16,17). The molecule has 0 aliphatic rings. The molecule has 0 bridgehead atoms. The lowest BCUT2D eigenvalue weighted by atomic mass is 10.5. The molecule has 0 saturated carbocycles. The Kier molecular flexibility index (Phi) is 5.80. The van der Waals surface area contributed by atoms with Crippen LogP contribution in [0.5, 0.6) is 0 Å². The van der Waals surface area contributed by atoms with Crippen LogP contribution in [0.4, 0.5) is 13.2 Å². The summed E-state index contributed by atoms with van der Waals surface area (Å²) >= 11 is 4.13. The van der Waals surface area contributed by atoms with Gasteiger partial charge in [0.1, 0.15) is 5.01 Å². The zero-order valence-corrected chi connectivity index (χ0v) is 12.4. The average molecular weight is 357 g/mol. The van der Waals surface area contributed by atoms with Crippen molar-refractivity contribution in [3.8, 4) is 0 Å². The highest BCUT2D eigenvalue weighted by Crippen LogP contribution is 2.29. The van der Waals surface area contributed by atoms with Crippen molar-refractivity contribution in [3.63, 3.8) is 0 Å². The van der Waals surface area contributed by atoms with E-state index >= 15 is 0 Å². The number of aromatic nitrogens is 1. The predicted molar refractivity (Wildman–Crippen MR) is 73.4 cm³/mol. The minimum absolute atomic E-state index is 0.176. The van der Waals surface area contributed by atoms with Crippen LogP contribution in [-0.4, -0.2) is 24.5 Å². The third-order valence-electron chi connectivity index (χ3n) is 1.92. The maximum Gasteiger partial charge on any atom is 0.434 e. The van der Waals surface area contributed by atoms with Gasteiger partial charge in [0.15, 0.2) is 11.7 Å². The molecule has 0 aliphatic heterocycles. The molecular formula is C10H12BrF3N4S. The fourth-order valence-electron chi connectivity index (χ4n) is 1.08. The number of rotatable bonds is 4. The van der Waals surface area contributed by atoms with Crippen LogP contribution >= 0.6 is 27.3 Å². The number of aliphatic imine (C=N–C) groups is 1. The van der Waals surface area contributed by atoms with Gasteiger partial charge in [0.2, 0.25) is 0 Å². The summed E-state index contributed by atoms with van der Waals surface area (Å²) in [6.07, 6.45) is -4.40. The Morgan fingerprint density at radius 3 is 2.68 bits per heavy atom. The van der Waals surface area contributed by atoms with Gasteiger partial charge in [-0.25, -0.2) is 4.98 Å². The number of hydrogen-bond donors (Lipinski definition) is 2. The van der Waals surface area contributed by atoms with E-state index in [0.717, 1.165) is 21.2 Å². The third-order valence-corrected chi connectivity index (χ3v) is 3.05. The van der Waals surface area contributed by atoms with Crippen molar-refractivity contribution in [1.29, 1.82) is 0 Å². The second-order valence-electron chi connectivity index (χ2n) is 3.42. The molecule has 2 N–H and O–H groups in total. The largest absolute Gasteiger partial charge is 0.434 e. The Bertz CT molecular complexity index is 470. The maximum atomic E-state index is 12.3. The van der Waals surface area contributed by atoms with Crippen LogP contribution in [0.15, 0.2) is 21.4 Å². The molecule has 0 atom stereocenters. The second-order valence-corrected chi connectivity index (χ2v) is 5.48. The summed E-state index contributed by atoms with van der Waals surface area (Å²) in [5, 5.41) is 7.12. The van der Waals surface area contributed by atoms with Gasteiger partial charge in [-0.1, -0.05) is 22.5 Å². The van der Waals surface area contributed by atoms with Crippen LogP contribution in [0.25, 0.3) is 0 Å². The highest BCUT2D eigenvalue weighted by Gasteiger charge is 2.33. The zero-order chi connectivity index (χ0) is 14.5. The monoisotopic (exact) mass is 356 g/mol. The number of alkyl halides is 3. The highest BCUT2D eigenvalue weighted by molar-refractivity contribution is 9.11. The minimum atomic E-state index is -4.40. The number of nitrogens with one attached hydrogen (secondary N) is 2. The number of hydrogen-bond acceptors (Lipinski definition) is 3. The number of guanidine groups is 1. The van der Waals surface area contributed by atoms with Gasteiger partial charge in [-0.3, -0.25) is 4.99 Å². The molecule has 1 aromatic heterocycles. The summed E-state index contributed by atoms with van der Waals surface area (Å²) in [6.45, 7) is 4.29. The normalized spacial score (nSPS) is 12.4. The van der Waals surface area contributed by atoms with E-state index < -0.39 is 11.9 Å². The Morgan fingerprint density at radius 1 is 1.53 bits per heavy atom. The molecular weight excluding hydrogens is 345 g/mol. The van der Waals surface area contributed by atoms with E-state index in [1.54, 1.807) is 7.05 Å². The van der Waals surface area contributed by atoms with Gasteiger partial charge >= 0.3 is 6.18 Å². The van der Waals surface area contributed by atoms with Crippen LogP contribution in [-0.2, 0) is 12.7 Å². The van der Waals surface area contributed by atoms with Crippen molar-refractivity contribution in [3.05, 3.63) is 27.1 Å². The van der Waals surface area contributed by atoms with Crippen molar-refractivity contribution in [2.75, 3.05) is 13.6 Å². The second kappa shape index (κ2) is 6.90. The first-order chi connectivity index (χ1) is 8.82. The third kappa shape index (κ3) is 5.60. The quantitative estimate of drug-likeness (QED) is 0.644. The first-order valence-corrected chi connectivity index (χ1v) is 6.79. The van der Waals surface area contributed by atoms with E-state index in [4.69, 9.17) is 0 Å². The molecule has 9 heteroatoms. The highest BCUT2D eigenvalue weighted by atomic mass is 79.9. The predicted octanol–water partition coefficient (Wildman–Crippen LogP) is 2.74. The zero-order valence-electron chi connectivity index (χ0n) is 10.0. The van der Waals surface area contributed by atoms with Crippen LogP contribution in [0.1, 0.15) is 10.7 Å². The Balaban J connectivity index is 2.52. The van der Waals surface area contributed by atoms with Crippen molar-refractivity contribution in [2.24, 2.45) is 4.99 Å². The van der Waals surface area contributed by atoms with Crippen molar-refractivity contribution in [1.82, 2.24) is 15.6 Å². The van der Waals surface area contributed by atoms with Gasteiger partial charge in [-0.05, 0) is 0 Å². The van der Waals surface area contributed by atoms with E-state index in [1.165, 1.54) is 0 Å². The van der Waals surface area contributed by atoms with E-state index in [1.807, 2.05) is 0 Å². The van der Waals surface area contributed by atoms with Gasteiger partial charge in [0.25, 0.3) is 0 Å². The maximum absolute atomic E-state index is 12.3. The van der Waals surface area contributed by atoms with Crippen LogP contribution < -0.4 is 10.6 Å². The summed E-state index contributed by atoms with van der Waals surface area (Å²) < 4.78 is 37.8. The Morgan fingerprint density at radius 2 is 2.21 bits per heavy atom. The lowest BCUT2D eigenvalue weighted by Crippen LogP contribution is -2.37. The fraction of sp³-hybridized carbons (Fsp3) is 0.400. The molecule has 0 aromatic carbocycles. The molecule has 0 unspecified atom stereocenters. The summed E-state index contributed by atoms with van der Waals surface area (Å²) in [7, 11) is 1.56. The molecule has 0 radical (unpaired) electrons. The van der Waals surface area contributed by atoms with Gasteiger partial charge in [-0.15, -0.1) is 11.3 Å². The first-order valence-electron chi connectivity index (χ1n) is 5.12. The van der Waals surface area contributed by atoms with E-state index in [9.17, 15) is 13.2 Å². The van der Waals surface area contributed by atoms with Crippen LogP contribution in [0.3, 0.4) is 0 Å². The molecule has 1 aromatic rings. The van der Waals surface area contributed by atoms with Gasteiger partial charge in [0, 0.05) is 23.5 Å². The average Bonchev–Trinajstić information content (AvgIpc) is 2.77. The molecule has 0 amide bonds. The molecule has 1 rings (SSSR count). The van der Waals surface area contributed by atoms with Crippen LogP contribution in [0, 0.1) is 0 Å². The topological polar surface area (TPSA) is 49.3 Å². The van der Waals surface area contributed by atoms with Crippen LogP contribution in [0.2, 0.25) is 0 Å². The lowest BCUT2D eigenvalue weighted by molar-refractivity contribution is -0.140. The first kappa shape index (κ1) is 16.0. The summed E-state index contributed by atoms with van der Waals surface area (Å²) in [4.78, 5) is 7.42. The Labute approximate surface area is 121 Å². The smallest absolute Gasteiger partial charge is 0.352 e. The van der Waals surface area contributed by atoms with Gasteiger partial charge < -0.3 is 10.6 Å². The molecule has 0 aliphatic carbocycles. The molecule has 0 fully saturated rings. The number of nitrogens with zero attached hydrogens (tertiary/aromatic N) is 2. The molecule has 4 nitrogen and oxygen atoms in total. The van der Waals surface area contributed by atoms with E-state index in [0.29, 0.717) is 17.5 Å². The van der Waals surface area contributed by atoms with Gasteiger partial charge in [-0.2, -0.15) is 13.2 Å². The minimum Gasteiger partial charge on any atom is -0.352 e.